The molecule has 3 heterocycles. The average Bonchev–Trinajstić information content (AvgIpc) is 3.39. The van der Waals surface area contributed by atoms with Crippen molar-refractivity contribution >= 4 is 5.91 Å². The maximum absolute atomic E-state index is 13.5. The number of pyridine rings is 1. The molecule has 0 spiro atoms. The van der Waals surface area contributed by atoms with Crippen molar-refractivity contribution in [1.82, 2.24) is 20.1 Å². The first-order valence-electron chi connectivity index (χ1n) is 10.3. The van der Waals surface area contributed by atoms with Crippen LogP contribution in [-0.4, -0.2) is 40.2 Å². The number of aromatic amines is 1. The Morgan fingerprint density at radius 1 is 0.969 bits per heavy atom. The lowest BCUT2D eigenvalue weighted by Crippen LogP contribution is -2.29. The first-order chi connectivity index (χ1) is 15.7. The molecule has 0 saturated carbocycles. The van der Waals surface area contributed by atoms with Gasteiger partial charge in [0.2, 0.25) is 0 Å². The molecule has 7 nitrogen and oxygen atoms in total. The lowest BCUT2D eigenvalue weighted by molar-refractivity contribution is 0.0730. The van der Waals surface area contributed by atoms with E-state index in [0.29, 0.717) is 23.7 Å². The summed E-state index contributed by atoms with van der Waals surface area (Å²) in [5.41, 5.74) is 5.01. The molecule has 0 fully saturated rings. The molecule has 1 aliphatic heterocycles. The standard InChI is InChI=1S/C25H22N4O3/c1-31-19-9-8-18(14-20(19)32-2)24-21-22(17-6-4-3-5-7-17)27-28-23(21)25(30)29(24)15-16-10-12-26-13-11-16/h3-14,24H,15H2,1-2H3,(H,27,28). The number of nitrogens with one attached hydrogen (secondary N) is 1. The molecule has 2 aromatic heterocycles. The number of aromatic nitrogens is 3. The Kier molecular flexibility index (Phi) is 5.07. The Morgan fingerprint density at radius 2 is 1.72 bits per heavy atom. The Morgan fingerprint density at radius 3 is 2.44 bits per heavy atom. The Hall–Kier alpha value is -4.13. The quantitative estimate of drug-likeness (QED) is 0.499. The zero-order valence-corrected chi connectivity index (χ0v) is 17.8. The van der Waals surface area contributed by atoms with Crippen LogP contribution < -0.4 is 9.47 Å². The molecular weight excluding hydrogens is 404 g/mol. The summed E-state index contributed by atoms with van der Waals surface area (Å²) in [6, 6.07) is 19.1. The smallest absolute Gasteiger partial charge is 0.273 e. The molecule has 0 bridgehead atoms. The largest absolute Gasteiger partial charge is 0.493 e. The molecule has 7 heteroatoms. The van der Waals surface area contributed by atoms with Crippen molar-refractivity contribution in [1.29, 1.82) is 0 Å². The Labute approximate surface area is 185 Å². The number of H-pyrrole nitrogens is 1. The van der Waals surface area contributed by atoms with Gasteiger partial charge in [-0.05, 0) is 35.4 Å². The maximum atomic E-state index is 13.5. The van der Waals surface area contributed by atoms with Gasteiger partial charge < -0.3 is 14.4 Å². The lowest BCUT2D eigenvalue weighted by atomic mass is 9.95. The van der Waals surface area contributed by atoms with Crippen molar-refractivity contribution in [3.63, 3.8) is 0 Å². The van der Waals surface area contributed by atoms with Crippen LogP contribution in [0.15, 0.2) is 73.1 Å². The van der Waals surface area contributed by atoms with Gasteiger partial charge in [0.25, 0.3) is 5.91 Å². The molecule has 0 radical (unpaired) electrons. The number of nitrogens with zero attached hydrogens (tertiary/aromatic N) is 3. The predicted molar refractivity (Wildman–Crippen MR) is 120 cm³/mol. The van der Waals surface area contributed by atoms with Gasteiger partial charge in [-0.1, -0.05) is 36.4 Å². The van der Waals surface area contributed by atoms with Gasteiger partial charge in [0, 0.05) is 30.1 Å². The highest BCUT2D eigenvalue weighted by Gasteiger charge is 2.42. The summed E-state index contributed by atoms with van der Waals surface area (Å²) in [6.45, 7) is 0.442. The third-order valence-electron chi connectivity index (χ3n) is 5.74. The van der Waals surface area contributed by atoms with Crippen LogP contribution in [0.25, 0.3) is 11.3 Å². The number of rotatable bonds is 6. The van der Waals surface area contributed by atoms with E-state index in [2.05, 4.69) is 15.2 Å². The molecule has 5 rings (SSSR count). The normalized spacial score (nSPS) is 15.0. The molecule has 32 heavy (non-hydrogen) atoms. The Bertz CT molecular complexity index is 1250. The molecule has 1 amide bonds. The highest BCUT2D eigenvalue weighted by molar-refractivity contribution is 6.00. The van der Waals surface area contributed by atoms with Gasteiger partial charge in [-0.2, -0.15) is 5.10 Å². The van der Waals surface area contributed by atoms with E-state index in [-0.39, 0.29) is 11.9 Å². The second kappa shape index (κ2) is 8.19. The van der Waals surface area contributed by atoms with Crippen LogP contribution in [0.1, 0.15) is 33.2 Å². The summed E-state index contributed by atoms with van der Waals surface area (Å²) in [5.74, 6) is 1.16. The lowest BCUT2D eigenvalue weighted by Gasteiger charge is -2.27. The second-order valence-corrected chi connectivity index (χ2v) is 7.53. The number of fused-ring (bicyclic) bond motifs is 1. The molecule has 0 saturated heterocycles. The van der Waals surface area contributed by atoms with E-state index < -0.39 is 0 Å². The van der Waals surface area contributed by atoms with E-state index in [1.807, 2.05) is 65.6 Å². The van der Waals surface area contributed by atoms with Gasteiger partial charge in [0.1, 0.15) is 5.69 Å². The molecular formula is C25H22N4O3. The predicted octanol–water partition coefficient (Wildman–Crippen LogP) is 4.23. The molecule has 1 atom stereocenters. The highest BCUT2D eigenvalue weighted by atomic mass is 16.5. The summed E-state index contributed by atoms with van der Waals surface area (Å²) >= 11 is 0. The van der Waals surface area contributed by atoms with E-state index >= 15 is 0 Å². The number of hydrogen-bond donors (Lipinski definition) is 1. The van der Waals surface area contributed by atoms with Crippen molar-refractivity contribution < 1.29 is 14.3 Å². The second-order valence-electron chi connectivity index (χ2n) is 7.53. The van der Waals surface area contributed by atoms with Gasteiger partial charge in [-0.15, -0.1) is 0 Å². The minimum atomic E-state index is -0.334. The molecule has 2 aromatic carbocycles. The van der Waals surface area contributed by atoms with Crippen LogP contribution in [0.5, 0.6) is 11.5 Å². The number of benzene rings is 2. The molecule has 4 aromatic rings. The van der Waals surface area contributed by atoms with Crippen molar-refractivity contribution in [3.05, 3.63) is 95.4 Å². The summed E-state index contributed by atoms with van der Waals surface area (Å²) in [7, 11) is 3.21. The summed E-state index contributed by atoms with van der Waals surface area (Å²) < 4.78 is 11.0. The van der Waals surface area contributed by atoms with Gasteiger partial charge in [-0.3, -0.25) is 14.9 Å². The van der Waals surface area contributed by atoms with Crippen LogP contribution in [0.3, 0.4) is 0 Å². The fourth-order valence-corrected chi connectivity index (χ4v) is 4.23. The minimum Gasteiger partial charge on any atom is -0.493 e. The first-order valence-corrected chi connectivity index (χ1v) is 10.3. The molecule has 0 aliphatic carbocycles. The number of amides is 1. The zero-order chi connectivity index (χ0) is 22.1. The first kappa shape index (κ1) is 19.8. The van der Waals surface area contributed by atoms with Gasteiger partial charge in [0.15, 0.2) is 11.5 Å². The van der Waals surface area contributed by atoms with Gasteiger partial charge in [-0.25, -0.2) is 0 Å². The summed E-state index contributed by atoms with van der Waals surface area (Å²) in [4.78, 5) is 19.4. The molecule has 1 N–H and O–H groups in total. The van der Waals surface area contributed by atoms with Crippen LogP contribution in [0.2, 0.25) is 0 Å². The Balaban J connectivity index is 1.67. The number of carbonyl (C=O) groups is 1. The third kappa shape index (κ3) is 3.28. The fourth-order valence-electron chi connectivity index (χ4n) is 4.23. The topological polar surface area (TPSA) is 80.3 Å². The number of hydrogen-bond acceptors (Lipinski definition) is 5. The highest BCUT2D eigenvalue weighted by Crippen LogP contribution is 2.45. The average molecular weight is 426 g/mol. The van der Waals surface area contributed by atoms with Crippen molar-refractivity contribution in [2.45, 2.75) is 12.6 Å². The van der Waals surface area contributed by atoms with Crippen molar-refractivity contribution in [2.24, 2.45) is 0 Å². The van der Waals surface area contributed by atoms with E-state index in [9.17, 15) is 4.79 Å². The van der Waals surface area contributed by atoms with Crippen molar-refractivity contribution in [3.8, 4) is 22.8 Å². The summed E-state index contributed by atoms with van der Waals surface area (Å²) in [6.07, 6.45) is 3.47. The zero-order valence-electron chi connectivity index (χ0n) is 17.8. The van der Waals surface area contributed by atoms with Gasteiger partial charge in [0.05, 0.1) is 26.0 Å². The van der Waals surface area contributed by atoms with Crippen LogP contribution in [0, 0.1) is 0 Å². The summed E-state index contributed by atoms with van der Waals surface area (Å²) in [5, 5.41) is 7.51. The van der Waals surface area contributed by atoms with E-state index in [4.69, 9.17) is 9.47 Å². The third-order valence-corrected chi connectivity index (χ3v) is 5.74. The maximum Gasteiger partial charge on any atom is 0.273 e. The van der Waals surface area contributed by atoms with Crippen LogP contribution in [-0.2, 0) is 6.54 Å². The molecule has 160 valence electrons. The molecule has 1 unspecified atom stereocenters. The number of methoxy groups -OCH3 is 2. The SMILES string of the molecule is COc1ccc(C2c3c(-c4ccccc4)n[nH]c3C(=O)N2Cc2ccncc2)cc1OC. The monoisotopic (exact) mass is 426 g/mol. The van der Waals surface area contributed by atoms with E-state index in [0.717, 1.165) is 27.9 Å². The van der Waals surface area contributed by atoms with Crippen molar-refractivity contribution in [2.75, 3.05) is 14.2 Å². The van der Waals surface area contributed by atoms with E-state index in [1.165, 1.54) is 0 Å². The van der Waals surface area contributed by atoms with Crippen LogP contribution in [0.4, 0.5) is 0 Å². The minimum absolute atomic E-state index is 0.0914. The number of ether oxygens (including phenoxy) is 2. The fraction of sp³-hybridized carbons (Fsp3) is 0.160. The van der Waals surface area contributed by atoms with E-state index in [1.54, 1.807) is 26.6 Å². The van der Waals surface area contributed by atoms with Gasteiger partial charge >= 0.3 is 0 Å². The number of carbonyl (C=O) groups excluding carboxylic acids is 1. The van der Waals surface area contributed by atoms with Crippen LogP contribution >= 0.6 is 0 Å². The molecule has 1 aliphatic rings.